The molecule has 0 atom stereocenters. The molecule has 0 unspecified atom stereocenters. The lowest BCUT2D eigenvalue weighted by Crippen LogP contribution is -1.95. The molecule has 16 heavy (non-hydrogen) atoms. The number of aromatic nitrogens is 2. The summed E-state index contributed by atoms with van der Waals surface area (Å²) in [6.07, 6.45) is 3.95. The van der Waals surface area contributed by atoms with Gasteiger partial charge >= 0.3 is 0 Å². The van der Waals surface area contributed by atoms with Gasteiger partial charge in [0.2, 0.25) is 0 Å². The van der Waals surface area contributed by atoms with Crippen molar-refractivity contribution in [1.29, 1.82) is 0 Å². The quantitative estimate of drug-likeness (QED) is 0.852. The first-order valence-corrected chi connectivity index (χ1v) is 5.49. The Morgan fingerprint density at radius 3 is 2.62 bits per heavy atom. The zero-order valence-corrected chi connectivity index (χ0v) is 9.77. The highest BCUT2D eigenvalue weighted by Crippen LogP contribution is 2.11. The minimum Gasteiger partial charge on any atom is -0.369 e. The second-order valence-electron chi connectivity index (χ2n) is 4.13. The first-order valence-electron chi connectivity index (χ1n) is 5.49. The maximum atomic E-state index is 5.69. The molecule has 1 aromatic carbocycles. The van der Waals surface area contributed by atoms with Crippen LogP contribution in [-0.2, 0) is 19.9 Å². The van der Waals surface area contributed by atoms with E-state index in [9.17, 15) is 0 Å². The maximum absolute atomic E-state index is 5.69. The first kappa shape index (κ1) is 10.7. The van der Waals surface area contributed by atoms with Gasteiger partial charge in [-0.15, -0.1) is 0 Å². The molecule has 2 rings (SSSR count). The van der Waals surface area contributed by atoms with Crippen LogP contribution in [0, 0.1) is 6.92 Å². The zero-order chi connectivity index (χ0) is 11.5. The van der Waals surface area contributed by atoms with Gasteiger partial charge in [0.25, 0.3) is 0 Å². The Bertz CT molecular complexity index is 466. The molecule has 0 fully saturated rings. The normalized spacial score (nSPS) is 10.6. The summed E-state index contributed by atoms with van der Waals surface area (Å²) in [6, 6.07) is 8.45. The summed E-state index contributed by atoms with van der Waals surface area (Å²) in [6.45, 7) is 2.14. The first-order chi connectivity index (χ1) is 7.66. The highest BCUT2D eigenvalue weighted by molar-refractivity contribution is 5.27. The Balaban J connectivity index is 2.05. The largest absolute Gasteiger partial charge is 0.369 e. The average molecular weight is 215 g/mol. The van der Waals surface area contributed by atoms with Crippen LogP contribution in [0.3, 0.4) is 0 Å². The molecule has 0 bridgehead atoms. The van der Waals surface area contributed by atoms with Gasteiger partial charge in [-0.05, 0) is 30.9 Å². The van der Waals surface area contributed by atoms with Crippen LogP contribution >= 0.6 is 0 Å². The molecule has 3 nitrogen and oxygen atoms in total. The van der Waals surface area contributed by atoms with Gasteiger partial charge < -0.3 is 10.3 Å². The highest BCUT2D eigenvalue weighted by Gasteiger charge is 2.03. The minimum atomic E-state index is 0.583. The van der Waals surface area contributed by atoms with Gasteiger partial charge in [0.05, 0.1) is 5.69 Å². The van der Waals surface area contributed by atoms with Gasteiger partial charge in [-0.25, -0.2) is 4.98 Å². The smallest absolute Gasteiger partial charge is 0.200 e. The summed E-state index contributed by atoms with van der Waals surface area (Å²) in [7, 11) is 1.92. The molecule has 0 saturated carbocycles. The van der Waals surface area contributed by atoms with Crippen molar-refractivity contribution in [2.24, 2.45) is 7.05 Å². The molecule has 0 radical (unpaired) electrons. The van der Waals surface area contributed by atoms with Crippen LogP contribution in [0.25, 0.3) is 0 Å². The summed E-state index contributed by atoms with van der Waals surface area (Å²) in [4.78, 5) is 4.30. The molecule has 1 aromatic heterocycles. The Kier molecular flexibility index (Phi) is 2.95. The second kappa shape index (κ2) is 4.39. The molecule has 0 aliphatic rings. The van der Waals surface area contributed by atoms with E-state index in [0.717, 1.165) is 18.5 Å². The Morgan fingerprint density at radius 1 is 1.25 bits per heavy atom. The van der Waals surface area contributed by atoms with Gasteiger partial charge in [0.1, 0.15) is 0 Å². The molecule has 2 N–H and O–H groups in total. The third-order valence-corrected chi connectivity index (χ3v) is 2.87. The topological polar surface area (TPSA) is 43.8 Å². The van der Waals surface area contributed by atoms with Crippen molar-refractivity contribution in [3.8, 4) is 0 Å². The van der Waals surface area contributed by atoms with Crippen molar-refractivity contribution < 1.29 is 0 Å². The fraction of sp³-hybridized carbons (Fsp3) is 0.308. The number of hydrogen-bond donors (Lipinski definition) is 1. The van der Waals surface area contributed by atoms with E-state index in [4.69, 9.17) is 5.73 Å². The second-order valence-corrected chi connectivity index (χ2v) is 4.13. The maximum Gasteiger partial charge on any atom is 0.200 e. The molecule has 0 spiro atoms. The molecular formula is C13H17N3. The van der Waals surface area contributed by atoms with Crippen molar-refractivity contribution in [2.75, 3.05) is 5.73 Å². The molecule has 84 valence electrons. The third-order valence-electron chi connectivity index (χ3n) is 2.87. The van der Waals surface area contributed by atoms with Crippen molar-refractivity contribution in [1.82, 2.24) is 9.55 Å². The summed E-state index contributed by atoms with van der Waals surface area (Å²) in [5.74, 6) is 0.583. The monoisotopic (exact) mass is 215 g/mol. The standard InChI is InChI=1S/C13H17N3/c1-10-5-3-4-6-11(10)7-8-12-9-16(2)13(14)15-12/h3-6,9H,7-8H2,1-2H3,(H2,14,15). The number of nitrogens with zero attached hydrogens (tertiary/aromatic N) is 2. The van der Waals surface area contributed by atoms with E-state index < -0.39 is 0 Å². The van der Waals surface area contributed by atoms with Crippen LogP contribution in [-0.4, -0.2) is 9.55 Å². The van der Waals surface area contributed by atoms with Crippen molar-refractivity contribution in [3.63, 3.8) is 0 Å². The molecule has 0 amide bonds. The van der Waals surface area contributed by atoms with Gasteiger partial charge in [-0.2, -0.15) is 0 Å². The van der Waals surface area contributed by atoms with Crippen LogP contribution < -0.4 is 5.73 Å². The summed E-state index contributed by atoms with van der Waals surface area (Å²) >= 11 is 0. The Hall–Kier alpha value is -1.77. The lowest BCUT2D eigenvalue weighted by Gasteiger charge is -2.03. The highest BCUT2D eigenvalue weighted by atomic mass is 15.1. The zero-order valence-electron chi connectivity index (χ0n) is 9.77. The van der Waals surface area contributed by atoms with Crippen molar-refractivity contribution in [3.05, 3.63) is 47.3 Å². The molecular weight excluding hydrogens is 198 g/mol. The molecule has 0 saturated heterocycles. The number of hydrogen-bond acceptors (Lipinski definition) is 2. The van der Waals surface area contributed by atoms with Gasteiger partial charge in [0.15, 0.2) is 5.95 Å². The van der Waals surface area contributed by atoms with E-state index in [1.54, 1.807) is 0 Å². The predicted molar refractivity (Wildman–Crippen MR) is 66.2 cm³/mol. The fourth-order valence-electron chi connectivity index (χ4n) is 1.82. The number of anilines is 1. The minimum absolute atomic E-state index is 0.583. The van der Waals surface area contributed by atoms with E-state index in [-0.39, 0.29) is 0 Å². The molecule has 1 heterocycles. The summed E-state index contributed by atoms with van der Waals surface area (Å²) < 4.78 is 1.85. The molecule has 2 aromatic rings. The van der Waals surface area contributed by atoms with Gasteiger partial charge in [0, 0.05) is 13.2 Å². The van der Waals surface area contributed by atoms with Crippen molar-refractivity contribution in [2.45, 2.75) is 19.8 Å². The fourth-order valence-corrected chi connectivity index (χ4v) is 1.82. The number of imidazole rings is 1. The molecule has 3 heteroatoms. The SMILES string of the molecule is Cc1ccccc1CCc1cn(C)c(N)n1. The number of benzene rings is 1. The summed E-state index contributed by atoms with van der Waals surface area (Å²) in [5.41, 5.74) is 9.47. The van der Waals surface area contributed by atoms with Crippen LogP contribution in [0.1, 0.15) is 16.8 Å². The Labute approximate surface area is 95.9 Å². The number of rotatable bonds is 3. The number of aryl methyl sites for hydroxylation is 4. The van der Waals surface area contributed by atoms with Crippen LogP contribution in [0.2, 0.25) is 0 Å². The van der Waals surface area contributed by atoms with E-state index in [1.165, 1.54) is 11.1 Å². The van der Waals surface area contributed by atoms with E-state index in [1.807, 2.05) is 17.8 Å². The van der Waals surface area contributed by atoms with Crippen LogP contribution in [0.4, 0.5) is 5.95 Å². The third kappa shape index (κ3) is 2.24. The van der Waals surface area contributed by atoms with Gasteiger partial charge in [-0.1, -0.05) is 24.3 Å². The Morgan fingerprint density at radius 2 is 2.00 bits per heavy atom. The predicted octanol–water partition coefficient (Wildman–Crippen LogP) is 2.10. The summed E-state index contributed by atoms with van der Waals surface area (Å²) in [5, 5.41) is 0. The average Bonchev–Trinajstić information content (AvgIpc) is 2.57. The number of nitrogen functional groups attached to an aromatic ring is 1. The lowest BCUT2D eigenvalue weighted by atomic mass is 10.0. The van der Waals surface area contributed by atoms with Crippen molar-refractivity contribution >= 4 is 5.95 Å². The number of nitrogens with two attached hydrogens (primary N) is 1. The molecule has 0 aliphatic carbocycles. The molecule has 0 aliphatic heterocycles. The van der Waals surface area contributed by atoms with Gasteiger partial charge in [-0.3, -0.25) is 0 Å². The van der Waals surface area contributed by atoms with E-state index in [0.29, 0.717) is 5.95 Å². The van der Waals surface area contributed by atoms with Crippen LogP contribution in [0.5, 0.6) is 0 Å². The van der Waals surface area contributed by atoms with Crippen LogP contribution in [0.15, 0.2) is 30.5 Å². The van der Waals surface area contributed by atoms with E-state index in [2.05, 4.69) is 36.2 Å². The lowest BCUT2D eigenvalue weighted by molar-refractivity contribution is 0.905. The van der Waals surface area contributed by atoms with E-state index >= 15 is 0 Å².